The molecule has 3 heterocycles. The van der Waals surface area contributed by atoms with Crippen LogP contribution in [0.3, 0.4) is 0 Å². The molecule has 152 valence electrons. The third kappa shape index (κ3) is 5.17. The second-order valence-electron chi connectivity index (χ2n) is 6.72. The van der Waals surface area contributed by atoms with Crippen LogP contribution in [0.15, 0.2) is 22.0 Å². The molecule has 0 N–H and O–H groups in total. The molecule has 2 amide bonds. The van der Waals surface area contributed by atoms with Crippen LogP contribution in [0.2, 0.25) is 0 Å². The molecule has 1 saturated heterocycles. The van der Waals surface area contributed by atoms with Gasteiger partial charge in [-0.25, -0.2) is 0 Å². The Kier molecular flexibility index (Phi) is 7.16. The lowest BCUT2D eigenvalue weighted by Crippen LogP contribution is -2.48. The number of thiophene rings is 1. The van der Waals surface area contributed by atoms with Crippen molar-refractivity contribution in [3.8, 4) is 0 Å². The Bertz CT molecular complexity index is 764. The lowest BCUT2D eigenvalue weighted by atomic mass is 10.2. The van der Waals surface area contributed by atoms with E-state index in [1.54, 1.807) is 4.90 Å². The maximum Gasteiger partial charge on any atom is 0.264 e. The lowest BCUT2D eigenvalue weighted by molar-refractivity contribution is -0.130. The molecule has 0 unspecified atom stereocenters. The van der Waals surface area contributed by atoms with Gasteiger partial charge in [-0.3, -0.25) is 14.5 Å². The molecule has 0 saturated carbocycles. The van der Waals surface area contributed by atoms with E-state index in [4.69, 9.17) is 4.52 Å². The molecule has 3 rings (SSSR count). The Morgan fingerprint density at radius 2 is 1.96 bits per heavy atom. The second-order valence-corrected chi connectivity index (χ2v) is 7.66. The van der Waals surface area contributed by atoms with Crippen molar-refractivity contribution in [1.82, 2.24) is 24.8 Å². The molecule has 9 heteroatoms. The molecule has 1 aliphatic rings. The smallest absolute Gasteiger partial charge is 0.264 e. The molecular formula is C19H27N5O3S. The monoisotopic (exact) mass is 405 g/mol. The first-order valence-corrected chi connectivity index (χ1v) is 10.6. The summed E-state index contributed by atoms with van der Waals surface area (Å²) in [6, 6.07) is 3.77. The van der Waals surface area contributed by atoms with Crippen molar-refractivity contribution >= 4 is 23.2 Å². The molecule has 8 nitrogen and oxygen atoms in total. The molecule has 0 bridgehead atoms. The quantitative estimate of drug-likeness (QED) is 0.667. The maximum atomic E-state index is 12.4. The number of aryl methyl sites for hydroxylation is 1. The molecule has 0 atom stereocenters. The van der Waals surface area contributed by atoms with Crippen molar-refractivity contribution in [3.63, 3.8) is 0 Å². The summed E-state index contributed by atoms with van der Waals surface area (Å²) in [5.41, 5.74) is 0. The number of carbonyl (C=O) groups is 2. The van der Waals surface area contributed by atoms with Crippen LogP contribution in [0, 0.1) is 0 Å². The Hall–Kier alpha value is -2.26. The van der Waals surface area contributed by atoms with Crippen molar-refractivity contribution in [2.75, 3.05) is 39.3 Å². The van der Waals surface area contributed by atoms with Gasteiger partial charge in [0.1, 0.15) is 0 Å². The zero-order valence-electron chi connectivity index (χ0n) is 16.5. The summed E-state index contributed by atoms with van der Waals surface area (Å²) in [7, 11) is 0. The summed E-state index contributed by atoms with van der Waals surface area (Å²) in [5, 5.41) is 5.96. The van der Waals surface area contributed by atoms with E-state index in [0.717, 1.165) is 18.0 Å². The van der Waals surface area contributed by atoms with Gasteiger partial charge in [-0.15, -0.1) is 11.3 Å². The first kappa shape index (κ1) is 20.5. The number of hydrogen-bond donors (Lipinski definition) is 0. The summed E-state index contributed by atoms with van der Waals surface area (Å²) >= 11 is 1.48. The normalized spacial score (nSPS) is 15.0. The van der Waals surface area contributed by atoms with Crippen LogP contribution < -0.4 is 0 Å². The molecule has 2 aromatic heterocycles. The number of amides is 2. The highest BCUT2D eigenvalue weighted by Crippen LogP contribution is 2.15. The second kappa shape index (κ2) is 9.79. The highest BCUT2D eigenvalue weighted by atomic mass is 32.1. The summed E-state index contributed by atoms with van der Waals surface area (Å²) < 4.78 is 5.29. The van der Waals surface area contributed by atoms with Crippen molar-refractivity contribution < 1.29 is 14.1 Å². The predicted molar refractivity (Wildman–Crippen MR) is 106 cm³/mol. The molecule has 1 fully saturated rings. The Morgan fingerprint density at radius 1 is 1.21 bits per heavy atom. The highest BCUT2D eigenvalue weighted by Gasteiger charge is 2.23. The van der Waals surface area contributed by atoms with Gasteiger partial charge < -0.3 is 14.3 Å². The minimum atomic E-state index is 0.106. The van der Waals surface area contributed by atoms with E-state index in [-0.39, 0.29) is 11.8 Å². The van der Waals surface area contributed by atoms with Gasteiger partial charge in [0.25, 0.3) is 5.91 Å². The predicted octanol–water partition coefficient (Wildman–Crippen LogP) is 1.89. The van der Waals surface area contributed by atoms with Crippen LogP contribution in [-0.2, 0) is 17.8 Å². The molecule has 0 spiro atoms. The van der Waals surface area contributed by atoms with Gasteiger partial charge >= 0.3 is 0 Å². The van der Waals surface area contributed by atoms with E-state index >= 15 is 0 Å². The number of carbonyl (C=O) groups excluding carboxylic acids is 2. The van der Waals surface area contributed by atoms with Gasteiger partial charge in [-0.05, 0) is 25.3 Å². The maximum absolute atomic E-state index is 12.4. The Morgan fingerprint density at radius 3 is 2.61 bits per heavy atom. The minimum absolute atomic E-state index is 0.106. The first-order valence-electron chi connectivity index (χ1n) is 9.75. The molecular weight excluding hydrogens is 378 g/mol. The summed E-state index contributed by atoms with van der Waals surface area (Å²) in [4.78, 5) is 35.6. The van der Waals surface area contributed by atoms with Gasteiger partial charge in [0.05, 0.1) is 11.4 Å². The van der Waals surface area contributed by atoms with Crippen LogP contribution in [0.5, 0.6) is 0 Å². The number of rotatable bonds is 8. The van der Waals surface area contributed by atoms with Crippen molar-refractivity contribution in [2.45, 2.75) is 33.2 Å². The van der Waals surface area contributed by atoms with E-state index in [0.29, 0.717) is 57.3 Å². The van der Waals surface area contributed by atoms with Crippen molar-refractivity contribution in [2.24, 2.45) is 0 Å². The third-order valence-electron chi connectivity index (χ3n) is 4.94. The summed E-state index contributed by atoms with van der Waals surface area (Å²) in [6.07, 6.45) is 0.845. The Balaban J connectivity index is 1.43. The van der Waals surface area contributed by atoms with Gasteiger partial charge in [-0.1, -0.05) is 11.2 Å². The topological polar surface area (TPSA) is 82.8 Å². The zero-order valence-corrected chi connectivity index (χ0v) is 17.3. The number of piperazine rings is 1. The van der Waals surface area contributed by atoms with Crippen LogP contribution in [0.25, 0.3) is 0 Å². The first-order chi connectivity index (χ1) is 13.6. The van der Waals surface area contributed by atoms with Gasteiger partial charge in [0.15, 0.2) is 5.82 Å². The van der Waals surface area contributed by atoms with Crippen molar-refractivity contribution in [3.05, 3.63) is 34.1 Å². The van der Waals surface area contributed by atoms with Gasteiger partial charge in [0.2, 0.25) is 11.8 Å². The summed E-state index contributed by atoms with van der Waals surface area (Å²) in [5.74, 6) is 1.34. The van der Waals surface area contributed by atoms with Crippen molar-refractivity contribution in [1.29, 1.82) is 0 Å². The zero-order chi connectivity index (χ0) is 19.9. The fourth-order valence-corrected chi connectivity index (χ4v) is 3.96. The average molecular weight is 406 g/mol. The average Bonchev–Trinajstić information content (AvgIpc) is 3.40. The Labute approximate surface area is 169 Å². The largest absolute Gasteiger partial charge is 0.343 e. The van der Waals surface area contributed by atoms with Crippen LogP contribution in [0.4, 0.5) is 0 Å². The SMILES string of the molecule is CCN(CC)C(=O)CCc1nc(CN2CCN(C(=O)c3cccs3)CC2)no1. The van der Waals surface area contributed by atoms with Crippen LogP contribution in [-0.4, -0.2) is 75.9 Å². The summed E-state index contributed by atoms with van der Waals surface area (Å²) in [6.45, 7) is 8.91. The molecule has 0 aliphatic carbocycles. The molecule has 0 radical (unpaired) electrons. The van der Waals surface area contributed by atoms with E-state index in [1.807, 2.05) is 36.3 Å². The van der Waals surface area contributed by atoms with E-state index in [9.17, 15) is 9.59 Å². The fraction of sp³-hybridized carbons (Fsp3) is 0.579. The third-order valence-corrected chi connectivity index (χ3v) is 5.79. The minimum Gasteiger partial charge on any atom is -0.343 e. The van der Waals surface area contributed by atoms with Crippen LogP contribution >= 0.6 is 11.3 Å². The molecule has 28 heavy (non-hydrogen) atoms. The van der Waals surface area contributed by atoms with Gasteiger partial charge in [-0.2, -0.15) is 4.98 Å². The highest BCUT2D eigenvalue weighted by molar-refractivity contribution is 7.12. The van der Waals surface area contributed by atoms with E-state index in [1.165, 1.54) is 11.3 Å². The fourth-order valence-electron chi connectivity index (χ4n) is 3.27. The molecule has 2 aromatic rings. The van der Waals surface area contributed by atoms with E-state index in [2.05, 4.69) is 15.0 Å². The lowest BCUT2D eigenvalue weighted by Gasteiger charge is -2.33. The molecule has 0 aromatic carbocycles. The number of hydrogen-bond acceptors (Lipinski definition) is 7. The van der Waals surface area contributed by atoms with Gasteiger partial charge in [0, 0.05) is 52.1 Å². The molecule has 1 aliphatic heterocycles. The van der Waals surface area contributed by atoms with E-state index < -0.39 is 0 Å². The number of aromatic nitrogens is 2. The number of nitrogens with zero attached hydrogens (tertiary/aromatic N) is 5. The standard InChI is InChI=1S/C19H27N5O3S/c1-3-23(4-2)18(25)8-7-17-20-16(21-27-17)14-22-9-11-24(12-10-22)19(26)15-6-5-13-28-15/h5-6,13H,3-4,7-12,14H2,1-2H3. The van der Waals surface area contributed by atoms with Crippen LogP contribution in [0.1, 0.15) is 41.7 Å².